The molecular formula is C8H6F3O3P-2. The third kappa shape index (κ3) is 4.03. The Hall–Kier alpha value is -0.840. The Kier molecular flexibility index (Phi) is 3.23. The summed E-state index contributed by atoms with van der Waals surface area (Å²) >= 11 is 0. The van der Waals surface area contributed by atoms with Crippen molar-refractivity contribution in [2.75, 3.05) is 0 Å². The highest BCUT2D eigenvalue weighted by molar-refractivity contribution is 7.47. The van der Waals surface area contributed by atoms with Crippen LogP contribution in [-0.4, -0.2) is 0 Å². The lowest BCUT2D eigenvalue weighted by Gasteiger charge is -2.29. The molecule has 15 heavy (non-hydrogen) atoms. The summed E-state index contributed by atoms with van der Waals surface area (Å²) in [6.45, 7) is 0. The maximum Gasteiger partial charge on any atom is 0.416 e. The monoisotopic (exact) mass is 238 g/mol. The van der Waals surface area contributed by atoms with Crippen LogP contribution in [0.1, 0.15) is 11.1 Å². The van der Waals surface area contributed by atoms with Gasteiger partial charge in [0.1, 0.15) is 0 Å². The van der Waals surface area contributed by atoms with Gasteiger partial charge in [-0.1, -0.05) is 19.7 Å². The van der Waals surface area contributed by atoms with Gasteiger partial charge in [-0.25, -0.2) is 0 Å². The third-order valence-corrected chi connectivity index (χ3v) is 2.41. The zero-order chi connectivity index (χ0) is 11.7. The van der Waals surface area contributed by atoms with Crippen molar-refractivity contribution in [2.45, 2.75) is 12.3 Å². The number of rotatable bonds is 2. The van der Waals surface area contributed by atoms with Crippen molar-refractivity contribution in [2.24, 2.45) is 0 Å². The van der Waals surface area contributed by atoms with Crippen LogP contribution in [0.25, 0.3) is 0 Å². The zero-order valence-electron chi connectivity index (χ0n) is 7.32. The molecule has 0 heterocycles. The highest BCUT2D eigenvalue weighted by atomic mass is 31.2. The lowest BCUT2D eigenvalue weighted by Crippen LogP contribution is -2.15. The minimum atomic E-state index is -4.72. The Labute approximate surface area is 83.7 Å². The van der Waals surface area contributed by atoms with E-state index in [1.807, 2.05) is 0 Å². The van der Waals surface area contributed by atoms with E-state index < -0.39 is 25.5 Å². The summed E-state index contributed by atoms with van der Waals surface area (Å²) in [7, 11) is -4.72. The molecule has 1 rings (SSSR count). The molecule has 0 unspecified atom stereocenters. The van der Waals surface area contributed by atoms with Gasteiger partial charge in [-0.05, 0) is 17.7 Å². The van der Waals surface area contributed by atoms with Gasteiger partial charge in [-0.3, -0.25) is 0 Å². The summed E-state index contributed by atoms with van der Waals surface area (Å²) in [5, 5.41) is 0. The first-order chi connectivity index (χ1) is 6.68. The quantitative estimate of drug-likeness (QED) is 0.725. The van der Waals surface area contributed by atoms with E-state index >= 15 is 0 Å². The van der Waals surface area contributed by atoms with E-state index in [1.54, 1.807) is 0 Å². The maximum absolute atomic E-state index is 12.1. The molecule has 0 saturated carbocycles. The second-order valence-electron chi connectivity index (χ2n) is 2.96. The van der Waals surface area contributed by atoms with Crippen molar-refractivity contribution >= 4 is 7.60 Å². The van der Waals surface area contributed by atoms with Crippen molar-refractivity contribution in [1.82, 2.24) is 0 Å². The fraction of sp³-hybridized carbons (Fsp3) is 0.250. The minimum Gasteiger partial charge on any atom is -0.810 e. The summed E-state index contributed by atoms with van der Waals surface area (Å²) < 4.78 is 46.6. The van der Waals surface area contributed by atoms with Gasteiger partial charge >= 0.3 is 6.18 Å². The van der Waals surface area contributed by atoms with E-state index in [0.717, 1.165) is 24.3 Å². The Morgan fingerprint density at radius 2 is 1.60 bits per heavy atom. The van der Waals surface area contributed by atoms with Crippen LogP contribution in [-0.2, 0) is 16.9 Å². The summed E-state index contributed by atoms with van der Waals surface area (Å²) in [6, 6.07) is 3.44. The van der Waals surface area contributed by atoms with Crippen LogP contribution < -0.4 is 9.79 Å². The third-order valence-electron chi connectivity index (χ3n) is 1.66. The summed E-state index contributed by atoms with van der Waals surface area (Å²) in [5.74, 6) is 0. The van der Waals surface area contributed by atoms with Crippen molar-refractivity contribution < 1.29 is 27.5 Å². The number of benzene rings is 1. The average molecular weight is 238 g/mol. The number of hydrogen-bond acceptors (Lipinski definition) is 3. The van der Waals surface area contributed by atoms with Crippen LogP contribution in [0.2, 0.25) is 0 Å². The van der Waals surface area contributed by atoms with Gasteiger partial charge < -0.3 is 14.4 Å². The largest absolute Gasteiger partial charge is 0.810 e. The molecule has 84 valence electrons. The predicted molar refractivity (Wildman–Crippen MR) is 42.8 cm³/mol. The predicted octanol–water partition coefficient (Wildman–Crippen LogP) is 1.12. The highest BCUT2D eigenvalue weighted by Gasteiger charge is 2.29. The average Bonchev–Trinajstić information content (AvgIpc) is 2.00. The molecule has 0 aromatic heterocycles. The number of alkyl halides is 3. The smallest absolute Gasteiger partial charge is 0.416 e. The van der Waals surface area contributed by atoms with Crippen molar-refractivity contribution in [3.63, 3.8) is 0 Å². The van der Waals surface area contributed by atoms with E-state index in [-0.39, 0.29) is 5.56 Å². The Morgan fingerprint density at radius 1 is 1.13 bits per heavy atom. The Balaban J connectivity index is 2.87. The van der Waals surface area contributed by atoms with E-state index in [0.29, 0.717) is 0 Å². The van der Waals surface area contributed by atoms with Crippen LogP contribution >= 0.6 is 7.60 Å². The molecule has 0 atom stereocenters. The van der Waals surface area contributed by atoms with Gasteiger partial charge in [0.25, 0.3) is 0 Å². The van der Waals surface area contributed by atoms with Gasteiger partial charge in [-0.15, -0.1) is 0 Å². The first kappa shape index (κ1) is 12.2. The van der Waals surface area contributed by atoms with E-state index in [1.165, 1.54) is 0 Å². The molecule has 0 radical (unpaired) electrons. The molecule has 0 aliphatic rings. The first-order valence-electron chi connectivity index (χ1n) is 3.86. The molecule has 0 N–H and O–H groups in total. The highest BCUT2D eigenvalue weighted by Crippen LogP contribution is 2.32. The molecule has 3 nitrogen and oxygen atoms in total. The first-order valence-corrected chi connectivity index (χ1v) is 5.58. The molecule has 0 aliphatic heterocycles. The van der Waals surface area contributed by atoms with Crippen molar-refractivity contribution in [3.8, 4) is 0 Å². The lowest BCUT2D eigenvalue weighted by atomic mass is 10.1. The molecule has 0 aliphatic carbocycles. The molecule has 0 fully saturated rings. The normalized spacial score (nSPS) is 12.9. The van der Waals surface area contributed by atoms with Gasteiger partial charge in [0.05, 0.1) is 5.56 Å². The standard InChI is InChI=1S/C8H8F3O3P/c9-8(10,11)7-3-1-6(2-4-7)5-15(12,13)14/h1-4H,5H2,(H2,12,13,14)/p-2. The SMILES string of the molecule is O=P([O-])([O-])Cc1ccc(C(F)(F)F)cc1. The molecule has 7 heteroatoms. The Bertz CT molecular complexity index is 379. The zero-order valence-corrected chi connectivity index (χ0v) is 8.22. The lowest BCUT2D eigenvalue weighted by molar-refractivity contribution is -0.314. The van der Waals surface area contributed by atoms with Gasteiger partial charge in [0, 0.05) is 6.16 Å². The van der Waals surface area contributed by atoms with E-state index in [4.69, 9.17) is 0 Å². The van der Waals surface area contributed by atoms with E-state index in [9.17, 15) is 27.5 Å². The van der Waals surface area contributed by atoms with E-state index in [2.05, 4.69) is 0 Å². The van der Waals surface area contributed by atoms with Crippen LogP contribution in [0.15, 0.2) is 24.3 Å². The second kappa shape index (κ2) is 3.96. The maximum atomic E-state index is 12.1. The topological polar surface area (TPSA) is 63.2 Å². The second-order valence-corrected chi connectivity index (χ2v) is 4.50. The molecule has 0 amide bonds. The van der Waals surface area contributed by atoms with Crippen molar-refractivity contribution in [3.05, 3.63) is 35.4 Å². The van der Waals surface area contributed by atoms with Crippen molar-refractivity contribution in [1.29, 1.82) is 0 Å². The van der Waals surface area contributed by atoms with Gasteiger partial charge in [-0.2, -0.15) is 13.2 Å². The number of hydrogen-bond donors (Lipinski definition) is 0. The van der Waals surface area contributed by atoms with Crippen LogP contribution in [0.5, 0.6) is 0 Å². The van der Waals surface area contributed by atoms with Gasteiger partial charge in [0.2, 0.25) is 0 Å². The fourth-order valence-electron chi connectivity index (χ4n) is 1.02. The number of halogens is 3. The summed E-state index contributed by atoms with van der Waals surface area (Å²) in [5.41, 5.74) is -0.825. The molecule has 0 bridgehead atoms. The summed E-state index contributed by atoms with van der Waals surface area (Å²) in [6.07, 6.45) is -5.23. The van der Waals surface area contributed by atoms with Crippen LogP contribution in [0.3, 0.4) is 0 Å². The fourth-order valence-corrected chi connectivity index (χ4v) is 1.68. The molecule has 1 aromatic carbocycles. The molecule has 1 aromatic rings. The molecular weight excluding hydrogens is 232 g/mol. The van der Waals surface area contributed by atoms with Crippen LogP contribution in [0.4, 0.5) is 13.2 Å². The molecule has 0 spiro atoms. The molecule has 0 saturated heterocycles. The Morgan fingerprint density at radius 3 is 1.93 bits per heavy atom. The summed E-state index contributed by atoms with van der Waals surface area (Å²) in [4.78, 5) is 20.7. The minimum absolute atomic E-state index is 0.0522. The van der Waals surface area contributed by atoms with Gasteiger partial charge in [0.15, 0.2) is 0 Å². The van der Waals surface area contributed by atoms with Crippen LogP contribution in [0, 0.1) is 0 Å².